The minimum absolute atomic E-state index is 0. The summed E-state index contributed by atoms with van der Waals surface area (Å²) in [6.07, 6.45) is 0.700. The molecule has 1 aromatic carbocycles. The van der Waals surface area contributed by atoms with E-state index in [1.54, 1.807) is 7.05 Å². The second kappa shape index (κ2) is 10.2. The number of hydrogen-bond donors (Lipinski definition) is 2. The molecule has 12 heteroatoms. The number of para-hydroxylation sites is 1. The first-order valence-electron chi connectivity index (χ1n) is 9.19. The highest BCUT2D eigenvalue weighted by Gasteiger charge is 2.50. The van der Waals surface area contributed by atoms with Crippen LogP contribution in [0.4, 0.5) is 13.2 Å². The molecule has 3 rings (SSSR count). The Hall–Kier alpha value is -1.54. The number of hydrogen-bond acceptors (Lipinski definition) is 4. The van der Waals surface area contributed by atoms with E-state index in [1.165, 1.54) is 0 Å². The molecule has 168 valence electrons. The average Bonchev–Trinajstić information content (AvgIpc) is 3.10. The first-order valence-corrected chi connectivity index (χ1v) is 10.6. The molecule has 1 fully saturated rings. The van der Waals surface area contributed by atoms with Crippen LogP contribution in [0.15, 0.2) is 39.7 Å². The fourth-order valence-corrected chi connectivity index (χ4v) is 4.24. The van der Waals surface area contributed by atoms with Crippen LogP contribution >= 0.6 is 24.0 Å². The van der Waals surface area contributed by atoms with Crippen LogP contribution in [0.3, 0.4) is 0 Å². The van der Waals surface area contributed by atoms with Gasteiger partial charge in [-0.1, -0.05) is 18.2 Å². The summed E-state index contributed by atoms with van der Waals surface area (Å²) in [6, 6.07) is 9.61. The van der Waals surface area contributed by atoms with Gasteiger partial charge in [-0.25, -0.2) is 8.42 Å². The van der Waals surface area contributed by atoms with Crippen molar-refractivity contribution in [2.45, 2.75) is 24.9 Å². The maximum atomic E-state index is 12.6. The van der Waals surface area contributed by atoms with Gasteiger partial charge < -0.3 is 15.1 Å². The first kappa shape index (κ1) is 24.7. The first-order chi connectivity index (χ1) is 13.7. The van der Waals surface area contributed by atoms with Crippen LogP contribution < -0.4 is 10.6 Å². The lowest BCUT2D eigenvalue weighted by Gasteiger charge is -2.31. The number of halogens is 4. The van der Waals surface area contributed by atoms with E-state index in [0.29, 0.717) is 36.2 Å². The van der Waals surface area contributed by atoms with Gasteiger partial charge in [0.2, 0.25) is 0 Å². The van der Waals surface area contributed by atoms with Crippen LogP contribution in [0.25, 0.3) is 11.0 Å². The van der Waals surface area contributed by atoms with E-state index in [4.69, 9.17) is 4.42 Å². The SMILES string of the molecule is CN=C(NCc1cc2ccccc2o1)NCC1CCN(S(=O)(=O)C(F)(F)F)CC1.I. The summed E-state index contributed by atoms with van der Waals surface area (Å²) >= 11 is 0. The predicted octanol–water partition coefficient (Wildman–Crippen LogP) is 3.28. The smallest absolute Gasteiger partial charge is 0.459 e. The number of fused-ring (bicyclic) bond motifs is 1. The molecular weight excluding hydrogens is 536 g/mol. The van der Waals surface area contributed by atoms with Crippen LogP contribution in [0, 0.1) is 5.92 Å². The zero-order valence-corrected chi connectivity index (χ0v) is 19.4. The Bertz CT molecular complexity index is 937. The molecule has 1 saturated heterocycles. The van der Waals surface area contributed by atoms with Crippen LogP contribution in [0.2, 0.25) is 0 Å². The zero-order valence-electron chi connectivity index (χ0n) is 16.3. The van der Waals surface area contributed by atoms with Gasteiger partial charge in [0.1, 0.15) is 11.3 Å². The molecule has 7 nitrogen and oxygen atoms in total. The highest BCUT2D eigenvalue weighted by molar-refractivity contribution is 14.0. The normalized spacial score (nSPS) is 17.0. The third-order valence-corrected chi connectivity index (χ3v) is 6.52. The molecule has 1 aliphatic rings. The number of nitrogens with zero attached hydrogens (tertiary/aromatic N) is 2. The number of benzene rings is 1. The topological polar surface area (TPSA) is 86.9 Å². The molecule has 0 amide bonds. The average molecular weight is 560 g/mol. The Balaban J connectivity index is 0.00000320. The van der Waals surface area contributed by atoms with E-state index in [1.807, 2.05) is 30.3 Å². The fourth-order valence-electron chi connectivity index (χ4n) is 3.26. The lowest BCUT2D eigenvalue weighted by molar-refractivity contribution is -0.0496. The van der Waals surface area contributed by atoms with Gasteiger partial charge in [0.05, 0.1) is 6.54 Å². The van der Waals surface area contributed by atoms with Gasteiger partial charge in [0.15, 0.2) is 5.96 Å². The molecule has 1 aliphatic heterocycles. The zero-order chi connectivity index (χ0) is 21.1. The maximum Gasteiger partial charge on any atom is 0.511 e. The molecule has 30 heavy (non-hydrogen) atoms. The molecular formula is C18H24F3IN4O3S. The summed E-state index contributed by atoms with van der Waals surface area (Å²) in [5, 5.41) is 7.27. The number of guanidine groups is 1. The summed E-state index contributed by atoms with van der Waals surface area (Å²) in [5.74, 6) is 1.34. The number of alkyl halides is 3. The molecule has 0 unspecified atom stereocenters. The minimum atomic E-state index is -5.25. The van der Waals surface area contributed by atoms with Crippen molar-refractivity contribution in [3.05, 3.63) is 36.1 Å². The monoisotopic (exact) mass is 560 g/mol. The number of piperidine rings is 1. The summed E-state index contributed by atoms with van der Waals surface area (Å²) in [5.41, 5.74) is -4.45. The number of nitrogens with one attached hydrogen (secondary N) is 2. The van der Waals surface area contributed by atoms with Gasteiger partial charge in [0, 0.05) is 32.1 Å². The second-order valence-electron chi connectivity index (χ2n) is 6.85. The molecule has 0 atom stereocenters. The molecule has 2 heterocycles. The lowest BCUT2D eigenvalue weighted by Crippen LogP contribution is -2.47. The number of sulfonamides is 1. The van der Waals surface area contributed by atoms with Crippen LogP contribution in [-0.4, -0.2) is 50.9 Å². The van der Waals surface area contributed by atoms with Crippen molar-refractivity contribution in [3.8, 4) is 0 Å². The molecule has 0 spiro atoms. The fraction of sp³-hybridized carbons (Fsp3) is 0.500. The Morgan fingerprint density at radius 1 is 1.23 bits per heavy atom. The Morgan fingerprint density at radius 2 is 1.90 bits per heavy atom. The summed E-state index contributed by atoms with van der Waals surface area (Å²) < 4.78 is 67.1. The van der Waals surface area contributed by atoms with E-state index in [-0.39, 0.29) is 43.0 Å². The van der Waals surface area contributed by atoms with Gasteiger partial charge in [-0.05, 0) is 30.9 Å². The molecule has 1 aromatic heterocycles. The van der Waals surface area contributed by atoms with Crippen molar-refractivity contribution in [1.29, 1.82) is 0 Å². The number of rotatable bonds is 5. The lowest BCUT2D eigenvalue weighted by atomic mass is 9.98. The van der Waals surface area contributed by atoms with Gasteiger partial charge in [-0.2, -0.15) is 17.5 Å². The predicted molar refractivity (Wildman–Crippen MR) is 119 cm³/mol. The van der Waals surface area contributed by atoms with Gasteiger partial charge >= 0.3 is 15.5 Å². The Morgan fingerprint density at radius 3 is 2.50 bits per heavy atom. The Kier molecular flexibility index (Phi) is 8.39. The molecule has 0 bridgehead atoms. The van der Waals surface area contributed by atoms with Gasteiger partial charge in [0.25, 0.3) is 0 Å². The van der Waals surface area contributed by atoms with Crippen LogP contribution in [0.5, 0.6) is 0 Å². The van der Waals surface area contributed by atoms with Crippen molar-refractivity contribution in [2.24, 2.45) is 10.9 Å². The quantitative estimate of drug-likeness (QED) is 0.333. The number of aliphatic imine (C=N–C) groups is 1. The van der Waals surface area contributed by atoms with Crippen molar-refractivity contribution < 1.29 is 26.0 Å². The van der Waals surface area contributed by atoms with Crippen molar-refractivity contribution in [3.63, 3.8) is 0 Å². The summed E-state index contributed by atoms with van der Waals surface area (Å²) in [6.45, 7) is 0.634. The minimum Gasteiger partial charge on any atom is -0.459 e. The second-order valence-corrected chi connectivity index (χ2v) is 8.78. The van der Waals surface area contributed by atoms with Crippen LogP contribution in [0.1, 0.15) is 18.6 Å². The molecule has 0 radical (unpaired) electrons. The summed E-state index contributed by atoms with van der Waals surface area (Å²) in [7, 11) is -3.63. The number of furan rings is 1. The standard InChI is InChI=1S/C18H23F3N4O3S.HI/c1-22-17(24-12-15-10-14-4-2-3-5-16(14)28-15)23-11-13-6-8-25(9-7-13)29(26,27)18(19,20)21;/h2-5,10,13H,6-9,11-12H2,1H3,(H2,22,23,24);1H. The van der Waals surface area contributed by atoms with Crippen molar-refractivity contribution in [2.75, 3.05) is 26.7 Å². The van der Waals surface area contributed by atoms with E-state index < -0.39 is 15.5 Å². The van der Waals surface area contributed by atoms with Crippen LogP contribution in [-0.2, 0) is 16.6 Å². The van der Waals surface area contributed by atoms with E-state index >= 15 is 0 Å². The van der Waals surface area contributed by atoms with Crippen molar-refractivity contribution in [1.82, 2.24) is 14.9 Å². The largest absolute Gasteiger partial charge is 0.511 e. The molecule has 0 aliphatic carbocycles. The van der Waals surface area contributed by atoms with E-state index in [0.717, 1.165) is 16.7 Å². The molecule has 0 saturated carbocycles. The Labute approximate surface area is 190 Å². The third kappa shape index (κ3) is 5.78. The van der Waals surface area contributed by atoms with Crippen molar-refractivity contribution >= 4 is 50.9 Å². The van der Waals surface area contributed by atoms with E-state index in [2.05, 4.69) is 15.6 Å². The highest BCUT2D eigenvalue weighted by atomic mass is 127. The molecule has 2 aromatic rings. The third-order valence-electron chi connectivity index (χ3n) is 4.89. The summed E-state index contributed by atoms with van der Waals surface area (Å²) in [4.78, 5) is 4.13. The van der Waals surface area contributed by atoms with E-state index in [9.17, 15) is 21.6 Å². The van der Waals surface area contributed by atoms with Gasteiger partial charge in [-0.15, -0.1) is 24.0 Å². The highest BCUT2D eigenvalue weighted by Crippen LogP contribution is 2.30. The maximum absolute atomic E-state index is 12.6. The molecule has 2 N–H and O–H groups in total. The van der Waals surface area contributed by atoms with Gasteiger partial charge in [-0.3, -0.25) is 4.99 Å².